The van der Waals surface area contributed by atoms with Gasteiger partial charge in [0, 0.05) is 17.1 Å². The van der Waals surface area contributed by atoms with Crippen molar-refractivity contribution >= 4 is 23.3 Å². The summed E-state index contributed by atoms with van der Waals surface area (Å²) in [7, 11) is 0. The van der Waals surface area contributed by atoms with Gasteiger partial charge in [-0.2, -0.15) is 0 Å². The molecule has 1 saturated carbocycles. The average molecular weight is 281 g/mol. The maximum atomic E-state index is 10.4. The minimum atomic E-state index is -0.423. The van der Waals surface area contributed by atoms with Crippen LogP contribution in [0.4, 0.5) is 0 Å². The third-order valence-corrected chi connectivity index (χ3v) is 4.24. The number of nitrogens with two attached hydrogens (primary N) is 1. The highest BCUT2D eigenvalue weighted by atomic mass is 35.5. The SMILES string of the molecule is Cl.N[C@H](c1cccc2[nH]ccc12)[C@@H](O)C1CCCC1. The van der Waals surface area contributed by atoms with Crippen molar-refractivity contribution in [2.75, 3.05) is 0 Å². The first kappa shape index (κ1) is 14.4. The summed E-state index contributed by atoms with van der Waals surface area (Å²) >= 11 is 0. The molecule has 0 amide bonds. The molecule has 0 unspecified atom stereocenters. The van der Waals surface area contributed by atoms with Crippen molar-refractivity contribution in [3.63, 3.8) is 0 Å². The zero-order valence-electron chi connectivity index (χ0n) is 10.9. The van der Waals surface area contributed by atoms with Crippen LogP contribution in [0.3, 0.4) is 0 Å². The van der Waals surface area contributed by atoms with Crippen molar-refractivity contribution in [3.8, 4) is 0 Å². The number of fused-ring (bicyclic) bond motifs is 1. The first-order chi connectivity index (χ1) is 8.77. The molecule has 1 aromatic carbocycles. The van der Waals surface area contributed by atoms with Crippen LogP contribution < -0.4 is 5.73 Å². The van der Waals surface area contributed by atoms with Gasteiger partial charge in [-0.3, -0.25) is 0 Å². The Kier molecular flexibility index (Phi) is 4.50. The second-order valence-electron chi connectivity index (χ2n) is 5.35. The molecule has 19 heavy (non-hydrogen) atoms. The highest BCUT2D eigenvalue weighted by Gasteiger charge is 2.29. The molecule has 3 rings (SSSR count). The minimum absolute atomic E-state index is 0. The van der Waals surface area contributed by atoms with Crippen molar-refractivity contribution in [3.05, 3.63) is 36.0 Å². The van der Waals surface area contributed by atoms with E-state index in [-0.39, 0.29) is 18.4 Å². The molecule has 0 radical (unpaired) electrons. The number of aliphatic hydroxyl groups excluding tert-OH is 1. The molecule has 4 heteroatoms. The molecule has 0 spiro atoms. The predicted octanol–water partition coefficient (Wildman–Crippen LogP) is 3.14. The average Bonchev–Trinajstić information content (AvgIpc) is 3.06. The lowest BCUT2D eigenvalue weighted by Gasteiger charge is -2.25. The molecule has 1 heterocycles. The van der Waals surface area contributed by atoms with E-state index in [0.717, 1.165) is 29.3 Å². The number of H-pyrrole nitrogens is 1. The van der Waals surface area contributed by atoms with E-state index in [1.807, 2.05) is 30.5 Å². The Labute approximate surface area is 119 Å². The number of hydrogen-bond acceptors (Lipinski definition) is 2. The van der Waals surface area contributed by atoms with Crippen LogP contribution >= 0.6 is 12.4 Å². The van der Waals surface area contributed by atoms with Crippen LogP contribution in [0.1, 0.15) is 37.3 Å². The maximum absolute atomic E-state index is 10.4. The number of rotatable bonds is 3. The van der Waals surface area contributed by atoms with Crippen molar-refractivity contribution in [2.45, 2.75) is 37.8 Å². The molecule has 1 aromatic heterocycles. The van der Waals surface area contributed by atoms with Crippen molar-refractivity contribution < 1.29 is 5.11 Å². The molecular weight excluding hydrogens is 260 g/mol. The standard InChI is InChI=1S/C15H20N2O.ClH/c16-14(15(18)10-4-1-2-5-10)12-6-3-7-13-11(12)8-9-17-13;/h3,6-10,14-15,17-18H,1-2,4-5,16H2;1H/t14-,15+;/m1./s1. The third-order valence-electron chi connectivity index (χ3n) is 4.24. The molecule has 2 aromatic rings. The number of aliphatic hydroxyl groups is 1. The summed E-state index contributed by atoms with van der Waals surface area (Å²) in [5, 5.41) is 11.6. The molecule has 104 valence electrons. The van der Waals surface area contributed by atoms with E-state index in [9.17, 15) is 5.11 Å². The van der Waals surface area contributed by atoms with E-state index in [0.29, 0.717) is 5.92 Å². The number of aromatic nitrogens is 1. The molecule has 0 aliphatic heterocycles. The molecule has 0 saturated heterocycles. The Morgan fingerprint density at radius 2 is 1.95 bits per heavy atom. The van der Waals surface area contributed by atoms with Gasteiger partial charge in [-0.05, 0) is 36.5 Å². The van der Waals surface area contributed by atoms with Crippen molar-refractivity contribution in [1.29, 1.82) is 0 Å². The van der Waals surface area contributed by atoms with Crippen molar-refractivity contribution in [2.24, 2.45) is 11.7 Å². The molecule has 0 bridgehead atoms. The van der Waals surface area contributed by atoms with Crippen LogP contribution in [0.2, 0.25) is 0 Å². The Morgan fingerprint density at radius 1 is 1.21 bits per heavy atom. The van der Waals surface area contributed by atoms with E-state index >= 15 is 0 Å². The van der Waals surface area contributed by atoms with E-state index in [2.05, 4.69) is 4.98 Å². The number of hydrogen-bond donors (Lipinski definition) is 3. The van der Waals surface area contributed by atoms with Crippen LogP contribution in [0.15, 0.2) is 30.5 Å². The number of benzene rings is 1. The molecule has 1 fully saturated rings. The summed E-state index contributed by atoms with van der Waals surface area (Å²) in [6.07, 6.45) is 6.16. The smallest absolute Gasteiger partial charge is 0.0761 e. The Hall–Kier alpha value is -1.03. The van der Waals surface area contributed by atoms with Crippen LogP contribution in [0.5, 0.6) is 0 Å². The lowest BCUT2D eigenvalue weighted by molar-refractivity contribution is 0.0849. The molecule has 1 aliphatic carbocycles. The van der Waals surface area contributed by atoms with E-state index in [4.69, 9.17) is 5.73 Å². The van der Waals surface area contributed by atoms with E-state index in [1.54, 1.807) is 0 Å². The molecule has 3 nitrogen and oxygen atoms in total. The zero-order chi connectivity index (χ0) is 12.5. The molecule has 4 N–H and O–H groups in total. The first-order valence-corrected chi connectivity index (χ1v) is 6.77. The lowest BCUT2D eigenvalue weighted by atomic mass is 9.89. The van der Waals surface area contributed by atoms with Gasteiger partial charge >= 0.3 is 0 Å². The van der Waals surface area contributed by atoms with Gasteiger partial charge in [0.1, 0.15) is 0 Å². The van der Waals surface area contributed by atoms with Gasteiger partial charge < -0.3 is 15.8 Å². The minimum Gasteiger partial charge on any atom is -0.391 e. The summed E-state index contributed by atoms with van der Waals surface area (Å²) in [4.78, 5) is 3.19. The fourth-order valence-corrected chi connectivity index (χ4v) is 3.18. The largest absolute Gasteiger partial charge is 0.391 e. The Balaban J connectivity index is 0.00000133. The highest BCUT2D eigenvalue weighted by molar-refractivity contribution is 5.85. The second-order valence-corrected chi connectivity index (χ2v) is 5.35. The van der Waals surface area contributed by atoms with E-state index < -0.39 is 6.10 Å². The normalized spacial score (nSPS) is 19.3. The fourth-order valence-electron chi connectivity index (χ4n) is 3.18. The van der Waals surface area contributed by atoms with Crippen LogP contribution in [-0.2, 0) is 0 Å². The van der Waals surface area contributed by atoms with Gasteiger partial charge in [-0.25, -0.2) is 0 Å². The predicted molar refractivity (Wildman–Crippen MR) is 80.4 cm³/mol. The molecule has 1 aliphatic rings. The van der Waals surface area contributed by atoms with Gasteiger partial charge in [0.15, 0.2) is 0 Å². The van der Waals surface area contributed by atoms with Crippen LogP contribution in [0, 0.1) is 5.92 Å². The van der Waals surface area contributed by atoms with Gasteiger partial charge in [-0.15, -0.1) is 12.4 Å². The van der Waals surface area contributed by atoms with Crippen molar-refractivity contribution in [1.82, 2.24) is 4.98 Å². The summed E-state index contributed by atoms with van der Waals surface area (Å²) in [5.74, 6) is 0.370. The van der Waals surface area contributed by atoms with E-state index in [1.165, 1.54) is 12.8 Å². The van der Waals surface area contributed by atoms with Crippen LogP contribution in [-0.4, -0.2) is 16.2 Å². The lowest BCUT2D eigenvalue weighted by Crippen LogP contribution is -2.32. The number of nitrogens with one attached hydrogen (secondary N) is 1. The van der Waals surface area contributed by atoms with Gasteiger partial charge in [0.05, 0.1) is 12.1 Å². The second kappa shape index (κ2) is 5.95. The topological polar surface area (TPSA) is 62.0 Å². The maximum Gasteiger partial charge on any atom is 0.0761 e. The summed E-state index contributed by atoms with van der Waals surface area (Å²) < 4.78 is 0. The summed E-state index contributed by atoms with van der Waals surface area (Å²) in [6, 6.07) is 7.81. The fraction of sp³-hybridized carbons (Fsp3) is 0.467. The van der Waals surface area contributed by atoms with Gasteiger partial charge in [0.2, 0.25) is 0 Å². The highest BCUT2D eigenvalue weighted by Crippen LogP contribution is 2.34. The molecule has 2 atom stereocenters. The molecular formula is C15H21ClN2O. The third kappa shape index (κ3) is 2.64. The zero-order valence-corrected chi connectivity index (χ0v) is 11.7. The Bertz CT molecular complexity index is 534. The van der Waals surface area contributed by atoms with Gasteiger partial charge in [-0.1, -0.05) is 25.0 Å². The number of aromatic amines is 1. The summed E-state index contributed by atoms with van der Waals surface area (Å²) in [6.45, 7) is 0. The number of halogens is 1. The van der Waals surface area contributed by atoms with Crippen LogP contribution in [0.25, 0.3) is 10.9 Å². The first-order valence-electron chi connectivity index (χ1n) is 6.77. The quantitative estimate of drug-likeness (QED) is 0.809. The Morgan fingerprint density at radius 3 is 2.68 bits per heavy atom. The monoisotopic (exact) mass is 280 g/mol. The van der Waals surface area contributed by atoms with Gasteiger partial charge in [0.25, 0.3) is 0 Å². The summed E-state index contributed by atoms with van der Waals surface area (Å²) in [5.41, 5.74) is 8.41.